The molecule has 0 saturated heterocycles. The van der Waals surface area contributed by atoms with Crippen LogP contribution < -0.4 is 15.8 Å². The van der Waals surface area contributed by atoms with E-state index in [0.717, 1.165) is 82.3 Å². The van der Waals surface area contributed by atoms with E-state index >= 15 is 0 Å². The molecule has 150 valence electrons. The molecule has 0 unspecified atom stereocenters. The van der Waals surface area contributed by atoms with Gasteiger partial charge in [0.2, 0.25) is 0 Å². The molecule has 0 bridgehead atoms. The van der Waals surface area contributed by atoms with Gasteiger partial charge in [0.25, 0.3) is 0 Å². The van der Waals surface area contributed by atoms with Gasteiger partial charge < -0.3 is 15.8 Å². The molecule has 0 radical (unpaired) electrons. The molecule has 4 aromatic rings. The third-order valence-electron chi connectivity index (χ3n) is 5.27. The van der Waals surface area contributed by atoms with Gasteiger partial charge in [0.05, 0.1) is 23.7 Å². The Morgan fingerprint density at radius 3 is 2.66 bits per heavy atom. The van der Waals surface area contributed by atoms with Gasteiger partial charge in [0, 0.05) is 18.1 Å². The Balaban J connectivity index is 1.74. The van der Waals surface area contributed by atoms with Gasteiger partial charge in [-0.3, -0.25) is 0 Å². The number of hydrogen-bond donors (Lipinski definition) is 2. The van der Waals surface area contributed by atoms with Crippen LogP contribution in [0.25, 0.3) is 32.8 Å². The van der Waals surface area contributed by atoms with Crippen molar-refractivity contribution in [2.24, 2.45) is 5.73 Å². The van der Waals surface area contributed by atoms with E-state index in [4.69, 9.17) is 20.4 Å². The van der Waals surface area contributed by atoms with Gasteiger partial charge in [-0.1, -0.05) is 18.9 Å². The molecule has 0 aliphatic rings. The number of nitrogens with zero attached hydrogens (tertiary/aromatic N) is 3. The van der Waals surface area contributed by atoms with Crippen LogP contribution in [0.2, 0.25) is 0 Å². The maximum absolute atomic E-state index is 5.56. The zero-order chi connectivity index (χ0) is 20.2. The Morgan fingerprint density at radius 1 is 0.966 bits per heavy atom. The second-order valence-corrected chi connectivity index (χ2v) is 7.36. The molecule has 6 nitrogen and oxygen atoms in total. The molecular formula is C23H27N5O. The van der Waals surface area contributed by atoms with Crippen molar-refractivity contribution in [3.63, 3.8) is 0 Å². The average Bonchev–Trinajstić information content (AvgIpc) is 2.76. The molecule has 0 fully saturated rings. The van der Waals surface area contributed by atoms with Crippen molar-refractivity contribution < 1.29 is 4.74 Å². The molecule has 0 aliphatic heterocycles. The zero-order valence-corrected chi connectivity index (χ0v) is 17.0. The topological polar surface area (TPSA) is 86.0 Å². The van der Waals surface area contributed by atoms with Crippen LogP contribution in [0.3, 0.4) is 0 Å². The molecule has 29 heavy (non-hydrogen) atoms. The first-order valence-electron chi connectivity index (χ1n) is 10.2. The average molecular weight is 390 g/mol. The van der Waals surface area contributed by atoms with Crippen LogP contribution in [-0.2, 0) is 0 Å². The first-order valence-corrected chi connectivity index (χ1v) is 10.2. The second-order valence-electron chi connectivity index (χ2n) is 7.36. The summed E-state index contributed by atoms with van der Waals surface area (Å²) < 4.78 is 5.36. The normalized spacial score (nSPS) is 11.4. The van der Waals surface area contributed by atoms with Crippen LogP contribution in [0.15, 0.2) is 36.5 Å². The van der Waals surface area contributed by atoms with Crippen molar-refractivity contribution in [2.45, 2.75) is 32.6 Å². The number of pyridine rings is 1. The van der Waals surface area contributed by atoms with E-state index in [-0.39, 0.29) is 0 Å². The molecule has 3 N–H and O–H groups in total. The Morgan fingerprint density at radius 2 is 1.83 bits per heavy atom. The summed E-state index contributed by atoms with van der Waals surface area (Å²) in [6, 6.07) is 10.1. The van der Waals surface area contributed by atoms with Crippen LogP contribution in [0, 0.1) is 6.92 Å². The first kappa shape index (κ1) is 19.3. The summed E-state index contributed by atoms with van der Waals surface area (Å²) in [5, 5.41) is 5.60. The van der Waals surface area contributed by atoms with E-state index in [1.807, 2.05) is 37.4 Å². The van der Waals surface area contributed by atoms with Gasteiger partial charge in [-0.2, -0.15) is 0 Å². The standard InChI is InChI=1S/C23H27N5O/c1-15-14-26-23(25-12-6-4-3-5-11-24)22-20(15)27-19-10-7-16-13-17(29-2)8-9-18(16)21(19)28-22/h7-10,13-14H,3-6,11-12,24H2,1-2H3,(H,25,26). The third-order valence-corrected chi connectivity index (χ3v) is 5.27. The van der Waals surface area contributed by atoms with Gasteiger partial charge in [-0.15, -0.1) is 0 Å². The smallest absolute Gasteiger partial charge is 0.154 e. The van der Waals surface area contributed by atoms with Crippen molar-refractivity contribution >= 4 is 38.7 Å². The van der Waals surface area contributed by atoms with Gasteiger partial charge in [-0.25, -0.2) is 15.0 Å². The third kappa shape index (κ3) is 3.93. The van der Waals surface area contributed by atoms with Crippen LogP contribution in [0.4, 0.5) is 5.82 Å². The van der Waals surface area contributed by atoms with Crippen LogP contribution >= 0.6 is 0 Å². The quantitative estimate of drug-likeness (QED) is 0.261. The molecule has 0 aliphatic carbocycles. The van der Waals surface area contributed by atoms with E-state index in [1.54, 1.807) is 7.11 Å². The monoisotopic (exact) mass is 389 g/mol. The molecular weight excluding hydrogens is 362 g/mol. The lowest BCUT2D eigenvalue weighted by molar-refractivity contribution is 0.415. The number of methoxy groups -OCH3 is 1. The lowest BCUT2D eigenvalue weighted by Gasteiger charge is -2.11. The van der Waals surface area contributed by atoms with Crippen molar-refractivity contribution in [1.29, 1.82) is 0 Å². The number of anilines is 1. The molecule has 0 saturated carbocycles. The fourth-order valence-electron chi connectivity index (χ4n) is 3.64. The predicted molar refractivity (Wildman–Crippen MR) is 120 cm³/mol. The summed E-state index contributed by atoms with van der Waals surface area (Å²) in [5.41, 5.74) is 10.1. The molecule has 6 heteroatoms. The minimum Gasteiger partial charge on any atom is -0.497 e. The fraction of sp³-hybridized carbons (Fsp3) is 0.348. The number of hydrogen-bond acceptors (Lipinski definition) is 6. The van der Waals surface area contributed by atoms with E-state index in [1.165, 1.54) is 6.42 Å². The van der Waals surface area contributed by atoms with Gasteiger partial charge in [-0.05, 0) is 61.5 Å². The van der Waals surface area contributed by atoms with Crippen LogP contribution in [0.5, 0.6) is 5.75 Å². The summed E-state index contributed by atoms with van der Waals surface area (Å²) in [5.74, 6) is 1.63. The molecule has 2 aromatic heterocycles. The van der Waals surface area contributed by atoms with E-state index in [2.05, 4.69) is 16.4 Å². The number of ether oxygens (including phenoxy) is 1. The fourth-order valence-corrected chi connectivity index (χ4v) is 3.64. The van der Waals surface area contributed by atoms with Crippen molar-refractivity contribution in [1.82, 2.24) is 15.0 Å². The van der Waals surface area contributed by atoms with E-state index in [9.17, 15) is 0 Å². The van der Waals surface area contributed by atoms with Gasteiger partial charge in [0.1, 0.15) is 11.3 Å². The largest absolute Gasteiger partial charge is 0.497 e. The summed E-state index contributed by atoms with van der Waals surface area (Å²) >= 11 is 0. The number of unbranched alkanes of at least 4 members (excludes halogenated alkanes) is 3. The summed E-state index contributed by atoms with van der Waals surface area (Å²) in [4.78, 5) is 14.5. The first-order chi connectivity index (χ1) is 14.2. The number of aromatic nitrogens is 3. The molecule has 0 atom stereocenters. The van der Waals surface area contributed by atoms with E-state index < -0.39 is 0 Å². The summed E-state index contributed by atoms with van der Waals surface area (Å²) in [6.07, 6.45) is 6.36. The van der Waals surface area contributed by atoms with Crippen LogP contribution in [0.1, 0.15) is 31.2 Å². The minimum absolute atomic E-state index is 0.764. The summed E-state index contributed by atoms with van der Waals surface area (Å²) in [7, 11) is 1.68. The highest BCUT2D eigenvalue weighted by Gasteiger charge is 2.12. The molecule has 4 rings (SSSR count). The molecule has 0 spiro atoms. The highest BCUT2D eigenvalue weighted by atomic mass is 16.5. The van der Waals surface area contributed by atoms with Gasteiger partial charge in [0.15, 0.2) is 5.82 Å². The number of aryl methyl sites for hydroxylation is 1. The Bertz CT molecular complexity index is 1160. The van der Waals surface area contributed by atoms with Crippen molar-refractivity contribution in [3.05, 3.63) is 42.1 Å². The Labute approximate surface area is 170 Å². The number of nitrogens with two attached hydrogens (primary N) is 1. The lowest BCUT2D eigenvalue weighted by Crippen LogP contribution is -2.06. The number of benzene rings is 2. The zero-order valence-electron chi connectivity index (χ0n) is 17.0. The van der Waals surface area contributed by atoms with Gasteiger partial charge >= 0.3 is 0 Å². The summed E-state index contributed by atoms with van der Waals surface area (Å²) in [6.45, 7) is 3.65. The number of fused-ring (bicyclic) bond motifs is 4. The number of rotatable bonds is 8. The molecule has 2 aromatic carbocycles. The van der Waals surface area contributed by atoms with Crippen LogP contribution in [-0.4, -0.2) is 35.2 Å². The van der Waals surface area contributed by atoms with Crippen molar-refractivity contribution in [2.75, 3.05) is 25.5 Å². The second kappa shape index (κ2) is 8.57. The van der Waals surface area contributed by atoms with E-state index in [0.29, 0.717) is 0 Å². The maximum Gasteiger partial charge on any atom is 0.154 e. The Hall–Kier alpha value is -2.99. The minimum atomic E-state index is 0.764. The predicted octanol–water partition coefficient (Wildman–Crippen LogP) is 4.58. The highest BCUT2D eigenvalue weighted by Crippen LogP contribution is 2.30. The number of nitrogens with one attached hydrogen (secondary N) is 1. The Kier molecular flexibility index (Phi) is 5.71. The maximum atomic E-state index is 5.56. The molecule has 0 amide bonds. The lowest BCUT2D eigenvalue weighted by atomic mass is 10.1. The highest BCUT2D eigenvalue weighted by molar-refractivity contribution is 6.07. The SMILES string of the molecule is COc1ccc2c(ccc3nc4c(C)cnc(NCCCCCCN)c4nc32)c1. The molecule has 2 heterocycles. The van der Waals surface area contributed by atoms with Crippen molar-refractivity contribution in [3.8, 4) is 5.75 Å².